The summed E-state index contributed by atoms with van der Waals surface area (Å²) in [7, 11) is 0. The lowest BCUT2D eigenvalue weighted by atomic mass is 10.2. The molecular weight excluding hydrogens is 271 g/mol. The molecule has 1 heterocycles. The van der Waals surface area contributed by atoms with Gasteiger partial charge < -0.3 is 4.98 Å². The first-order valence-corrected chi connectivity index (χ1v) is 6.03. The minimum absolute atomic E-state index is 0.246. The Hall–Kier alpha value is -1.16. The third-order valence-corrected chi connectivity index (χ3v) is 3.45. The second-order valence-electron chi connectivity index (χ2n) is 4.09. The van der Waals surface area contributed by atoms with E-state index < -0.39 is 0 Å². The van der Waals surface area contributed by atoms with Crippen molar-refractivity contribution in [2.24, 2.45) is 0 Å². The molecule has 1 N–H and O–H groups in total. The van der Waals surface area contributed by atoms with Gasteiger partial charge in [-0.05, 0) is 47.0 Å². The number of halogens is 2. The first kappa shape index (κ1) is 10.0. The Labute approximate surface area is 101 Å². The van der Waals surface area contributed by atoms with Gasteiger partial charge in [0, 0.05) is 27.8 Å². The monoisotopic (exact) mass is 280 g/mol. The molecule has 4 heteroatoms. The van der Waals surface area contributed by atoms with E-state index in [4.69, 9.17) is 0 Å². The molecule has 3 rings (SSSR count). The van der Waals surface area contributed by atoms with Gasteiger partial charge in [-0.2, -0.15) is 0 Å². The maximum atomic E-state index is 12.9. The van der Waals surface area contributed by atoms with Crippen molar-refractivity contribution in [3.63, 3.8) is 0 Å². The highest BCUT2D eigenvalue weighted by molar-refractivity contribution is 9.10. The zero-order valence-corrected chi connectivity index (χ0v) is 10.1. The number of rotatable bonds is 2. The molecule has 0 saturated heterocycles. The Morgan fingerprint density at radius 2 is 2.19 bits per heavy atom. The van der Waals surface area contributed by atoms with Crippen molar-refractivity contribution in [3.05, 3.63) is 40.4 Å². The Balaban J connectivity index is 2.00. The molecule has 1 aliphatic rings. The fraction of sp³-hybridized carbons (Fsp3) is 0.250. The molecular formula is C12H10BrFN2. The van der Waals surface area contributed by atoms with E-state index in [-0.39, 0.29) is 5.82 Å². The Morgan fingerprint density at radius 1 is 1.38 bits per heavy atom. The van der Waals surface area contributed by atoms with Crippen LogP contribution in [0.3, 0.4) is 0 Å². The zero-order chi connectivity index (χ0) is 11.1. The molecule has 0 atom stereocenters. The third kappa shape index (κ3) is 1.78. The molecule has 0 radical (unpaired) electrons. The SMILES string of the molecule is Fc1ccc(-c2ncc(C3CC3)[nH]2)c(Br)c1. The minimum Gasteiger partial charge on any atom is -0.342 e. The Morgan fingerprint density at radius 3 is 2.88 bits per heavy atom. The summed E-state index contributed by atoms with van der Waals surface area (Å²) in [5.41, 5.74) is 2.08. The summed E-state index contributed by atoms with van der Waals surface area (Å²) in [6.45, 7) is 0. The van der Waals surface area contributed by atoms with Crippen LogP contribution in [0.1, 0.15) is 24.5 Å². The van der Waals surface area contributed by atoms with Crippen molar-refractivity contribution >= 4 is 15.9 Å². The number of nitrogens with one attached hydrogen (secondary N) is 1. The van der Waals surface area contributed by atoms with Gasteiger partial charge in [0.2, 0.25) is 0 Å². The van der Waals surface area contributed by atoms with Gasteiger partial charge in [0.05, 0.1) is 0 Å². The van der Waals surface area contributed by atoms with Crippen LogP contribution >= 0.6 is 15.9 Å². The lowest BCUT2D eigenvalue weighted by Gasteiger charge is -2.00. The number of benzene rings is 1. The molecule has 2 aromatic rings. The van der Waals surface area contributed by atoms with E-state index in [9.17, 15) is 4.39 Å². The predicted molar refractivity (Wildman–Crippen MR) is 63.7 cm³/mol. The highest BCUT2D eigenvalue weighted by Gasteiger charge is 2.25. The number of imidazole rings is 1. The maximum Gasteiger partial charge on any atom is 0.138 e. The van der Waals surface area contributed by atoms with Crippen LogP contribution in [0.25, 0.3) is 11.4 Å². The van der Waals surface area contributed by atoms with Crippen molar-refractivity contribution in [2.75, 3.05) is 0 Å². The third-order valence-electron chi connectivity index (χ3n) is 2.80. The normalized spacial score (nSPS) is 15.4. The number of H-pyrrole nitrogens is 1. The minimum atomic E-state index is -0.246. The maximum absolute atomic E-state index is 12.9. The summed E-state index contributed by atoms with van der Waals surface area (Å²) < 4.78 is 13.7. The molecule has 0 spiro atoms. The zero-order valence-electron chi connectivity index (χ0n) is 8.50. The molecule has 1 aliphatic carbocycles. The molecule has 0 amide bonds. The van der Waals surface area contributed by atoms with E-state index in [0.717, 1.165) is 15.9 Å². The van der Waals surface area contributed by atoms with E-state index in [1.807, 2.05) is 6.20 Å². The first-order chi connectivity index (χ1) is 7.74. The van der Waals surface area contributed by atoms with Crippen molar-refractivity contribution in [1.82, 2.24) is 9.97 Å². The summed E-state index contributed by atoms with van der Waals surface area (Å²) in [5, 5.41) is 0. The smallest absolute Gasteiger partial charge is 0.138 e. The van der Waals surface area contributed by atoms with E-state index in [2.05, 4.69) is 25.9 Å². The van der Waals surface area contributed by atoms with Crippen molar-refractivity contribution in [1.29, 1.82) is 0 Å². The number of hydrogen-bond acceptors (Lipinski definition) is 1. The Kier molecular flexibility index (Phi) is 2.32. The Bertz CT molecular complexity index is 532. The molecule has 1 aromatic carbocycles. The van der Waals surface area contributed by atoms with Gasteiger partial charge in [0.15, 0.2) is 0 Å². The van der Waals surface area contributed by atoms with Gasteiger partial charge >= 0.3 is 0 Å². The summed E-state index contributed by atoms with van der Waals surface area (Å²) >= 11 is 3.35. The fourth-order valence-corrected chi connectivity index (χ4v) is 2.29. The average Bonchev–Trinajstić information content (AvgIpc) is 2.98. The highest BCUT2D eigenvalue weighted by Crippen LogP contribution is 2.40. The number of hydrogen-bond donors (Lipinski definition) is 1. The topological polar surface area (TPSA) is 28.7 Å². The standard InChI is InChI=1S/C12H10BrFN2/c13-10-5-8(14)3-4-9(10)12-15-6-11(16-12)7-1-2-7/h3-7H,1-2H2,(H,15,16). The molecule has 1 saturated carbocycles. The van der Waals surface area contributed by atoms with Crippen LogP contribution in [-0.2, 0) is 0 Å². The number of nitrogens with zero attached hydrogens (tertiary/aromatic N) is 1. The van der Waals surface area contributed by atoms with Gasteiger partial charge in [-0.15, -0.1) is 0 Å². The van der Waals surface area contributed by atoms with Gasteiger partial charge in [-0.1, -0.05) is 0 Å². The first-order valence-electron chi connectivity index (χ1n) is 5.24. The summed E-state index contributed by atoms with van der Waals surface area (Å²) in [6.07, 6.45) is 4.36. The quantitative estimate of drug-likeness (QED) is 0.889. The molecule has 0 aliphatic heterocycles. The van der Waals surface area contributed by atoms with Crippen molar-refractivity contribution in [3.8, 4) is 11.4 Å². The van der Waals surface area contributed by atoms with Crippen LogP contribution in [0.4, 0.5) is 4.39 Å². The lowest BCUT2D eigenvalue weighted by Crippen LogP contribution is -1.85. The van der Waals surface area contributed by atoms with Crippen LogP contribution in [0.2, 0.25) is 0 Å². The highest BCUT2D eigenvalue weighted by atomic mass is 79.9. The van der Waals surface area contributed by atoms with E-state index in [1.165, 1.54) is 30.7 Å². The molecule has 0 bridgehead atoms. The predicted octanol–water partition coefficient (Wildman–Crippen LogP) is 3.86. The second-order valence-corrected chi connectivity index (χ2v) is 4.94. The lowest BCUT2D eigenvalue weighted by molar-refractivity contribution is 0.627. The molecule has 82 valence electrons. The average molecular weight is 281 g/mol. The van der Waals surface area contributed by atoms with Gasteiger partial charge in [0.1, 0.15) is 11.6 Å². The van der Waals surface area contributed by atoms with Crippen LogP contribution in [0.5, 0.6) is 0 Å². The largest absolute Gasteiger partial charge is 0.342 e. The fourth-order valence-electron chi connectivity index (χ4n) is 1.76. The summed E-state index contributed by atoms with van der Waals surface area (Å²) in [4.78, 5) is 7.62. The van der Waals surface area contributed by atoms with Crippen molar-refractivity contribution in [2.45, 2.75) is 18.8 Å². The summed E-state index contributed by atoms with van der Waals surface area (Å²) in [5.74, 6) is 1.21. The van der Waals surface area contributed by atoms with Crippen LogP contribution in [0, 0.1) is 5.82 Å². The van der Waals surface area contributed by atoms with E-state index >= 15 is 0 Å². The molecule has 16 heavy (non-hydrogen) atoms. The van der Waals surface area contributed by atoms with Gasteiger partial charge in [-0.25, -0.2) is 9.37 Å². The van der Waals surface area contributed by atoms with E-state index in [0.29, 0.717) is 5.92 Å². The number of aromatic nitrogens is 2. The number of aromatic amines is 1. The molecule has 1 fully saturated rings. The summed E-state index contributed by atoms with van der Waals surface area (Å²) in [6, 6.07) is 4.63. The van der Waals surface area contributed by atoms with Crippen LogP contribution in [0.15, 0.2) is 28.9 Å². The van der Waals surface area contributed by atoms with Crippen LogP contribution in [-0.4, -0.2) is 9.97 Å². The second kappa shape index (κ2) is 3.70. The van der Waals surface area contributed by atoms with Crippen molar-refractivity contribution < 1.29 is 4.39 Å². The van der Waals surface area contributed by atoms with Gasteiger partial charge in [-0.3, -0.25) is 0 Å². The molecule has 0 unspecified atom stereocenters. The van der Waals surface area contributed by atoms with Crippen LogP contribution < -0.4 is 0 Å². The van der Waals surface area contributed by atoms with Gasteiger partial charge in [0.25, 0.3) is 0 Å². The van der Waals surface area contributed by atoms with E-state index in [1.54, 1.807) is 6.07 Å². The molecule has 2 nitrogen and oxygen atoms in total. The molecule has 1 aromatic heterocycles.